The molecule has 1 N–H and O–H groups in total. The average Bonchev–Trinajstić information content (AvgIpc) is 2.75. The molecule has 18 heavy (non-hydrogen) atoms. The lowest BCUT2D eigenvalue weighted by Gasteiger charge is -2.13. The van der Waals surface area contributed by atoms with E-state index in [0.29, 0.717) is 5.92 Å². The predicted molar refractivity (Wildman–Crippen MR) is 80.8 cm³/mol. The van der Waals surface area contributed by atoms with Gasteiger partial charge in [0.25, 0.3) is 0 Å². The molecule has 0 atom stereocenters. The van der Waals surface area contributed by atoms with E-state index < -0.39 is 0 Å². The minimum absolute atomic E-state index is 0.359. The molecule has 0 aliphatic heterocycles. The summed E-state index contributed by atoms with van der Waals surface area (Å²) in [5.41, 5.74) is 2.01. The van der Waals surface area contributed by atoms with Gasteiger partial charge in [0.15, 0.2) is 5.82 Å². The van der Waals surface area contributed by atoms with Crippen LogP contribution in [0.3, 0.4) is 0 Å². The number of furan rings is 1. The van der Waals surface area contributed by atoms with Crippen molar-refractivity contribution in [2.24, 2.45) is 0 Å². The van der Waals surface area contributed by atoms with Crippen LogP contribution in [0.1, 0.15) is 31.2 Å². The van der Waals surface area contributed by atoms with Gasteiger partial charge in [-0.2, -0.15) is 0 Å². The second kappa shape index (κ2) is 5.26. The van der Waals surface area contributed by atoms with Gasteiger partial charge in [-0.25, -0.2) is 9.97 Å². The summed E-state index contributed by atoms with van der Waals surface area (Å²) in [5.74, 6) is 2.78. The SMILES string of the molecule is CNc1nc(-c2ccoc2C)nc(C(C)C)c1I. The van der Waals surface area contributed by atoms with E-state index in [0.717, 1.165) is 32.2 Å². The van der Waals surface area contributed by atoms with Gasteiger partial charge >= 0.3 is 0 Å². The Kier molecular flexibility index (Phi) is 3.89. The van der Waals surface area contributed by atoms with Gasteiger partial charge in [-0.05, 0) is 41.5 Å². The van der Waals surface area contributed by atoms with Crippen molar-refractivity contribution >= 4 is 28.4 Å². The Labute approximate surface area is 120 Å². The molecule has 0 saturated heterocycles. The van der Waals surface area contributed by atoms with Crippen molar-refractivity contribution in [2.75, 3.05) is 12.4 Å². The van der Waals surface area contributed by atoms with Crippen molar-refractivity contribution in [3.05, 3.63) is 27.4 Å². The van der Waals surface area contributed by atoms with Gasteiger partial charge in [-0.15, -0.1) is 0 Å². The molecule has 0 radical (unpaired) electrons. The van der Waals surface area contributed by atoms with Crippen LogP contribution in [0.15, 0.2) is 16.7 Å². The van der Waals surface area contributed by atoms with Gasteiger partial charge in [0.2, 0.25) is 0 Å². The summed E-state index contributed by atoms with van der Waals surface area (Å²) in [5, 5.41) is 3.12. The molecule has 2 aromatic heterocycles. The fraction of sp³-hybridized carbons (Fsp3) is 0.385. The Bertz CT molecular complexity index is 563. The maximum Gasteiger partial charge on any atom is 0.165 e. The zero-order valence-corrected chi connectivity index (χ0v) is 13.1. The highest BCUT2D eigenvalue weighted by Gasteiger charge is 2.16. The molecule has 0 bridgehead atoms. The van der Waals surface area contributed by atoms with Crippen LogP contribution in [-0.4, -0.2) is 17.0 Å². The maximum absolute atomic E-state index is 5.32. The number of rotatable bonds is 3. The third-order valence-corrected chi connectivity index (χ3v) is 3.82. The van der Waals surface area contributed by atoms with Crippen LogP contribution in [0.5, 0.6) is 0 Å². The molecule has 0 saturated carbocycles. The second-order valence-electron chi connectivity index (χ2n) is 4.39. The summed E-state index contributed by atoms with van der Waals surface area (Å²) in [6, 6.07) is 1.90. The number of aryl methyl sites for hydroxylation is 1. The molecule has 0 unspecified atom stereocenters. The molecular weight excluding hydrogens is 341 g/mol. The molecule has 0 fully saturated rings. The topological polar surface area (TPSA) is 51.0 Å². The largest absolute Gasteiger partial charge is 0.469 e. The maximum atomic E-state index is 5.32. The van der Waals surface area contributed by atoms with Crippen molar-refractivity contribution < 1.29 is 4.42 Å². The highest BCUT2D eigenvalue weighted by molar-refractivity contribution is 14.1. The first-order valence-electron chi connectivity index (χ1n) is 5.84. The summed E-state index contributed by atoms with van der Waals surface area (Å²) >= 11 is 2.29. The molecule has 0 aliphatic rings. The van der Waals surface area contributed by atoms with Crippen molar-refractivity contribution in [1.82, 2.24) is 9.97 Å². The molecular formula is C13H16IN3O. The fourth-order valence-electron chi connectivity index (χ4n) is 1.75. The monoisotopic (exact) mass is 357 g/mol. The standard InChI is InChI=1S/C13H16IN3O/c1-7(2)11-10(14)13(15-4)17-12(16-11)9-5-6-18-8(9)3/h5-7H,1-4H3,(H,15,16,17). The van der Waals surface area contributed by atoms with E-state index in [2.05, 4.69) is 51.7 Å². The molecule has 0 amide bonds. The molecule has 0 spiro atoms. The molecule has 2 aromatic rings. The summed E-state index contributed by atoms with van der Waals surface area (Å²) in [4.78, 5) is 9.21. The molecule has 5 heteroatoms. The lowest BCUT2D eigenvalue weighted by atomic mass is 10.1. The van der Waals surface area contributed by atoms with E-state index in [1.807, 2.05) is 20.0 Å². The third-order valence-electron chi connectivity index (χ3n) is 2.76. The molecule has 0 aromatic carbocycles. The van der Waals surface area contributed by atoms with Gasteiger partial charge in [0.1, 0.15) is 11.6 Å². The molecule has 96 valence electrons. The van der Waals surface area contributed by atoms with E-state index in [1.165, 1.54) is 0 Å². The normalized spacial score (nSPS) is 11.0. The van der Waals surface area contributed by atoms with Crippen molar-refractivity contribution in [1.29, 1.82) is 0 Å². The number of nitrogens with zero attached hydrogens (tertiary/aromatic N) is 2. The Morgan fingerprint density at radius 3 is 2.56 bits per heavy atom. The number of nitrogens with one attached hydrogen (secondary N) is 1. The van der Waals surface area contributed by atoms with Crippen LogP contribution in [-0.2, 0) is 0 Å². The summed E-state index contributed by atoms with van der Waals surface area (Å²) in [6.45, 7) is 6.19. The quantitative estimate of drug-likeness (QED) is 0.849. The van der Waals surface area contributed by atoms with Crippen LogP contribution in [0.4, 0.5) is 5.82 Å². The van der Waals surface area contributed by atoms with E-state index in [-0.39, 0.29) is 0 Å². The smallest absolute Gasteiger partial charge is 0.165 e. The zero-order chi connectivity index (χ0) is 13.3. The molecule has 2 rings (SSSR count). The van der Waals surface area contributed by atoms with Crippen LogP contribution in [0.2, 0.25) is 0 Å². The van der Waals surface area contributed by atoms with Gasteiger partial charge in [-0.1, -0.05) is 13.8 Å². The van der Waals surface area contributed by atoms with Crippen molar-refractivity contribution in [2.45, 2.75) is 26.7 Å². The first-order chi connectivity index (χ1) is 8.54. The van der Waals surface area contributed by atoms with Gasteiger partial charge in [0, 0.05) is 7.05 Å². The minimum atomic E-state index is 0.359. The highest BCUT2D eigenvalue weighted by Crippen LogP contribution is 2.29. The summed E-state index contributed by atoms with van der Waals surface area (Å²) in [6.07, 6.45) is 1.67. The van der Waals surface area contributed by atoms with Crippen LogP contribution in [0, 0.1) is 10.5 Å². The first-order valence-corrected chi connectivity index (χ1v) is 6.92. The predicted octanol–water partition coefficient (Wildman–Crippen LogP) is 3.81. The molecule has 2 heterocycles. The number of hydrogen-bond donors (Lipinski definition) is 1. The summed E-state index contributed by atoms with van der Waals surface area (Å²) in [7, 11) is 1.88. The first kappa shape index (κ1) is 13.3. The second-order valence-corrected chi connectivity index (χ2v) is 5.47. The molecule has 4 nitrogen and oxygen atoms in total. The number of halogens is 1. The van der Waals surface area contributed by atoms with Gasteiger partial charge in [0.05, 0.1) is 21.1 Å². The zero-order valence-electron chi connectivity index (χ0n) is 10.9. The van der Waals surface area contributed by atoms with E-state index in [1.54, 1.807) is 6.26 Å². The van der Waals surface area contributed by atoms with Crippen LogP contribution in [0.25, 0.3) is 11.4 Å². The Morgan fingerprint density at radius 1 is 1.33 bits per heavy atom. The minimum Gasteiger partial charge on any atom is -0.469 e. The number of anilines is 1. The van der Waals surface area contributed by atoms with E-state index >= 15 is 0 Å². The fourth-order valence-corrected chi connectivity index (χ4v) is 2.88. The van der Waals surface area contributed by atoms with E-state index in [4.69, 9.17) is 4.42 Å². The van der Waals surface area contributed by atoms with Crippen molar-refractivity contribution in [3.63, 3.8) is 0 Å². The lowest BCUT2D eigenvalue weighted by Crippen LogP contribution is -2.06. The van der Waals surface area contributed by atoms with E-state index in [9.17, 15) is 0 Å². The highest BCUT2D eigenvalue weighted by atomic mass is 127. The van der Waals surface area contributed by atoms with Crippen molar-refractivity contribution in [3.8, 4) is 11.4 Å². The molecule has 0 aliphatic carbocycles. The van der Waals surface area contributed by atoms with Crippen LogP contribution < -0.4 is 5.32 Å². The van der Waals surface area contributed by atoms with Gasteiger partial charge in [-0.3, -0.25) is 0 Å². The van der Waals surface area contributed by atoms with Gasteiger partial charge < -0.3 is 9.73 Å². The number of aromatic nitrogens is 2. The Morgan fingerprint density at radius 2 is 2.06 bits per heavy atom. The lowest BCUT2D eigenvalue weighted by molar-refractivity contribution is 0.535. The van der Waals surface area contributed by atoms with Crippen LogP contribution >= 0.6 is 22.6 Å². The Hall–Kier alpha value is -1.11. The summed E-state index contributed by atoms with van der Waals surface area (Å²) < 4.78 is 6.40. The Balaban J connectivity index is 2.63. The number of hydrogen-bond acceptors (Lipinski definition) is 4. The third kappa shape index (κ3) is 2.36. The average molecular weight is 357 g/mol.